The van der Waals surface area contributed by atoms with Gasteiger partial charge in [0.15, 0.2) is 0 Å². The fourth-order valence-electron chi connectivity index (χ4n) is 10.0. The smallest absolute Gasteiger partial charge is 0.306 e. The summed E-state index contributed by atoms with van der Waals surface area (Å²) in [5.41, 5.74) is 0. The minimum absolute atomic E-state index is 0. The monoisotopic (exact) mass is 917 g/mol. The fraction of sp³-hybridized carbons (Fsp3) is 0.796. The Hall–Kier alpha value is -2.07. The molecule has 8 aliphatic rings. The second-order valence-corrected chi connectivity index (χ2v) is 19.3. The predicted octanol–water partition coefficient (Wildman–Crippen LogP) is 3.08. The van der Waals surface area contributed by atoms with E-state index in [2.05, 4.69) is 129 Å². The maximum absolute atomic E-state index is 11.0. The summed E-state index contributed by atoms with van der Waals surface area (Å²) in [6.45, 7) is 18.3. The molecule has 8 rings (SSSR count). The van der Waals surface area contributed by atoms with E-state index in [0.717, 1.165) is 65.2 Å². The highest BCUT2D eigenvalue weighted by Crippen LogP contribution is 2.25. The molecule has 0 amide bonds. The molecule has 64 heavy (non-hydrogen) atoms. The Balaban J connectivity index is 0.000000225. The van der Waals surface area contributed by atoms with Gasteiger partial charge in [-0.3, -0.25) is 29.2 Å². The van der Waals surface area contributed by atoms with Crippen LogP contribution in [0.4, 0.5) is 0 Å². The maximum atomic E-state index is 11.0. The normalized spacial score (nSPS) is 32.6. The van der Waals surface area contributed by atoms with E-state index in [-0.39, 0.29) is 29.2 Å². The lowest BCUT2D eigenvalue weighted by Gasteiger charge is -2.39. The number of likely N-dealkylation sites (N-methyl/N-ethyl adjacent to an activating group) is 4. The first-order chi connectivity index (χ1) is 29.9. The van der Waals surface area contributed by atoms with Crippen molar-refractivity contribution in [2.24, 2.45) is 11.8 Å². The Morgan fingerprint density at radius 3 is 0.891 bits per heavy atom. The quantitative estimate of drug-likeness (QED) is 0.211. The van der Waals surface area contributed by atoms with Crippen LogP contribution >= 0.6 is 9.90 Å². The van der Waals surface area contributed by atoms with Crippen LogP contribution < -0.4 is 10.6 Å². The number of hydrogen-bond acceptors (Lipinski definition) is 12. The van der Waals surface area contributed by atoms with Crippen LogP contribution in [0.1, 0.15) is 58.8 Å². The highest BCUT2D eigenvalue weighted by Gasteiger charge is 2.31. The van der Waals surface area contributed by atoms with Gasteiger partial charge in [0.1, 0.15) is 0 Å². The number of rotatable bonds is 8. The van der Waals surface area contributed by atoms with Crippen molar-refractivity contribution in [2.45, 2.75) is 95.0 Å². The molecule has 0 radical (unpaired) electrons. The average molecular weight is 917 g/mol. The van der Waals surface area contributed by atoms with E-state index >= 15 is 0 Å². The van der Waals surface area contributed by atoms with Gasteiger partial charge < -0.3 is 40.4 Å². The molecule has 1 unspecified atom stereocenters. The largest absolute Gasteiger partial charge is 0.481 e. The van der Waals surface area contributed by atoms with Crippen molar-refractivity contribution < 1.29 is 19.8 Å². The molecule has 368 valence electrons. The predicted molar refractivity (Wildman–Crippen MR) is 271 cm³/mol. The summed E-state index contributed by atoms with van der Waals surface area (Å²) in [6.07, 6.45) is 25.8. The number of carboxylic acids is 2. The molecule has 0 bridgehead atoms. The minimum Gasteiger partial charge on any atom is -0.481 e. The average Bonchev–Trinajstić information content (AvgIpc) is 3.31. The molecule has 4 fully saturated rings. The first kappa shape index (κ1) is 56.3. The van der Waals surface area contributed by atoms with Gasteiger partial charge in [0.05, 0.1) is 11.8 Å². The molecule has 14 nitrogen and oxygen atoms in total. The molecule has 0 aromatic heterocycles. The Bertz CT molecular complexity index is 1330. The van der Waals surface area contributed by atoms with Crippen LogP contribution in [0.2, 0.25) is 0 Å². The Kier molecular flexibility index (Phi) is 26.0. The van der Waals surface area contributed by atoms with Crippen LogP contribution in [0.5, 0.6) is 0 Å². The Labute approximate surface area is 392 Å². The zero-order chi connectivity index (χ0) is 44.4. The third-order valence-electron chi connectivity index (χ3n) is 14.8. The first-order valence-electron chi connectivity index (χ1n) is 24.1. The van der Waals surface area contributed by atoms with Gasteiger partial charge in [-0.25, -0.2) is 0 Å². The van der Waals surface area contributed by atoms with Crippen molar-refractivity contribution in [2.75, 3.05) is 147 Å². The van der Waals surface area contributed by atoms with Gasteiger partial charge in [0.25, 0.3) is 0 Å². The number of aliphatic carboxylic acids is 2. The van der Waals surface area contributed by atoms with Gasteiger partial charge in [-0.15, -0.1) is 0 Å². The molecule has 0 aromatic rings. The number of hydrogen-bond donors (Lipinski definition) is 4. The highest BCUT2D eigenvalue weighted by atomic mass is 31.0. The van der Waals surface area contributed by atoms with Crippen molar-refractivity contribution in [3.8, 4) is 0 Å². The van der Waals surface area contributed by atoms with Crippen molar-refractivity contribution in [3.63, 3.8) is 0 Å². The number of nitrogens with zero attached hydrogens (tertiary/aromatic N) is 8. The van der Waals surface area contributed by atoms with Gasteiger partial charge >= 0.3 is 11.9 Å². The summed E-state index contributed by atoms with van der Waals surface area (Å²) in [4.78, 5) is 41.5. The molecule has 4 saturated heterocycles. The molecular weight excluding hydrogens is 824 g/mol. The molecule has 4 aliphatic heterocycles. The lowest BCUT2D eigenvalue weighted by Crippen LogP contribution is -2.50. The fourth-order valence-corrected chi connectivity index (χ4v) is 10.0. The minimum atomic E-state index is -0.650. The van der Waals surface area contributed by atoms with Crippen LogP contribution in [-0.4, -0.2) is 245 Å². The lowest BCUT2D eigenvalue weighted by atomic mass is 9.90. The van der Waals surface area contributed by atoms with Gasteiger partial charge in [-0.2, -0.15) is 9.90 Å². The molecule has 15 heteroatoms. The van der Waals surface area contributed by atoms with Crippen LogP contribution in [0, 0.1) is 11.8 Å². The van der Waals surface area contributed by atoms with E-state index < -0.39 is 11.9 Å². The Morgan fingerprint density at radius 1 is 0.422 bits per heavy atom. The maximum Gasteiger partial charge on any atom is 0.306 e. The van der Waals surface area contributed by atoms with Crippen LogP contribution in [0.25, 0.3) is 0 Å². The lowest BCUT2D eigenvalue weighted by molar-refractivity contribution is -0.143. The van der Waals surface area contributed by atoms with Gasteiger partial charge in [0.2, 0.25) is 0 Å². The zero-order valence-corrected chi connectivity index (χ0v) is 41.6. The first-order valence-corrected chi connectivity index (χ1v) is 24.1. The van der Waals surface area contributed by atoms with Gasteiger partial charge in [-0.05, 0) is 93.7 Å². The molecule has 4 N–H and O–H groups in total. The summed E-state index contributed by atoms with van der Waals surface area (Å²) in [6, 6.07) is 3.38. The van der Waals surface area contributed by atoms with Gasteiger partial charge in [-0.1, -0.05) is 56.0 Å². The van der Waals surface area contributed by atoms with E-state index in [9.17, 15) is 9.59 Å². The number of carbonyl (C=O) groups is 2. The standard InChI is InChI=1S/2C12H23N3.2C12H20N2O2.CH4.H3P/c2*1-13-11-4-3-5-12(10-11)15-8-6-14(2)7-9-15;2*1-13-5-7-14(8-6-13)11-4-2-3-10(9-11)12(15)16;;/h2*3,5,11-13H,4,6-10H2,1-2H3;2*2,4,10-11H,3,5-9H2,1H3,(H,15,16);1H4;1H3/t2*11-,12+;2*10-,11+;;/m1010../s1. The SMILES string of the molecule is C.CN1CCN([C@@H]2C=CC[C@H](C(=O)O)C2)CC1.CN1CCN([C@H]2C=CC[C@@H](C(=O)O)C2)CC1.CN[C@@H]1CC=C[C@H](N2CCN(C)CC2)C1.CN[C@H]1CC=C[C@@H](N2CCN(C)CC2)C1.P. The van der Waals surface area contributed by atoms with E-state index in [1.165, 1.54) is 78.0 Å². The topological polar surface area (TPSA) is 125 Å². The summed E-state index contributed by atoms with van der Waals surface area (Å²) >= 11 is 0. The van der Waals surface area contributed by atoms with Crippen molar-refractivity contribution in [1.82, 2.24) is 49.8 Å². The molecule has 0 aromatic carbocycles. The molecule has 4 aliphatic carbocycles. The number of allylic oxidation sites excluding steroid dienone is 2. The molecule has 4 heterocycles. The van der Waals surface area contributed by atoms with Gasteiger partial charge in [0, 0.05) is 141 Å². The van der Waals surface area contributed by atoms with Crippen molar-refractivity contribution in [3.05, 3.63) is 48.6 Å². The van der Waals surface area contributed by atoms with E-state index in [0.29, 0.717) is 49.1 Å². The van der Waals surface area contributed by atoms with Crippen LogP contribution in [0.15, 0.2) is 48.6 Å². The summed E-state index contributed by atoms with van der Waals surface area (Å²) in [5, 5.41) is 24.9. The van der Waals surface area contributed by atoms with E-state index in [1.54, 1.807) is 0 Å². The second-order valence-electron chi connectivity index (χ2n) is 19.3. The van der Waals surface area contributed by atoms with Crippen molar-refractivity contribution >= 4 is 21.8 Å². The molecule has 0 spiro atoms. The molecular formula is C49H93N10O4P. The van der Waals surface area contributed by atoms with E-state index in [4.69, 9.17) is 10.2 Å². The molecule has 0 saturated carbocycles. The summed E-state index contributed by atoms with van der Waals surface area (Å²) in [5.74, 6) is -1.67. The third-order valence-corrected chi connectivity index (χ3v) is 14.8. The summed E-state index contributed by atoms with van der Waals surface area (Å²) < 4.78 is 0. The zero-order valence-electron chi connectivity index (χ0n) is 40.2. The Morgan fingerprint density at radius 2 is 0.656 bits per heavy atom. The second kappa shape index (κ2) is 29.6. The number of piperazine rings is 4. The number of nitrogens with one attached hydrogen (secondary N) is 2. The van der Waals surface area contributed by atoms with Crippen LogP contribution in [0.3, 0.4) is 0 Å². The van der Waals surface area contributed by atoms with Crippen molar-refractivity contribution in [1.29, 1.82) is 0 Å². The summed E-state index contributed by atoms with van der Waals surface area (Å²) in [7, 11) is 12.8. The van der Waals surface area contributed by atoms with E-state index in [1.807, 2.05) is 12.2 Å². The number of carboxylic acid groups (broad SMARTS) is 2. The third kappa shape index (κ3) is 18.5. The highest BCUT2D eigenvalue weighted by molar-refractivity contribution is 6.92. The van der Waals surface area contributed by atoms with Crippen LogP contribution in [-0.2, 0) is 9.59 Å². The molecule has 9 atom stereocenters.